The highest BCUT2D eigenvalue weighted by atomic mass is 32.2. The molecule has 0 radical (unpaired) electrons. The maximum absolute atomic E-state index is 12.2. The van der Waals surface area contributed by atoms with Crippen molar-refractivity contribution in [3.05, 3.63) is 53.6 Å². The van der Waals surface area contributed by atoms with Crippen LogP contribution in [-0.4, -0.2) is 20.6 Å². The summed E-state index contributed by atoms with van der Waals surface area (Å²) in [6.45, 7) is 0. The van der Waals surface area contributed by atoms with Gasteiger partial charge in [-0.25, -0.2) is 8.42 Å². The van der Waals surface area contributed by atoms with Crippen LogP contribution in [0.2, 0.25) is 0 Å². The Morgan fingerprint density at radius 2 is 1.93 bits per heavy atom. The topological polar surface area (TPSA) is 102 Å². The second-order valence-corrected chi connectivity index (χ2v) is 8.81. The fourth-order valence-electron chi connectivity index (χ4n) is 3.32. The Morgan fingerprint density at radius 1 is 1.22 bits per heavy atom. The Bertz CT molecular complexity index is 1130. The van der Waals surface area contributed by atoms with E-state index in [9.17, 15) is 13.2 Å². The van der Waals surface area contributed by atoms with Gasteiger partial charge < -0.3 is 10.2 Å². The van der Waals surface area contributed by atoms with Gasteiger partial charge in [-0.15, -0.1) is 0 Å². The van der Waals surface area contributed by atoms with Crippen LogP contribution in [0.25, 0.3) is 22.3 Å². The van der Waals surface area contributed by atoms with Crippen molar-refractivity contribution in [3.63, 3.8) is 0 Å². The van der Waals surface area contributed by atoms with Gasteiger partial charge in [-0.05, 0) is 36.8 Å². The number of benzene rings is 2. The Hall–Kier alpha value is -2.80. The van der Waals surface area contributed by atoms with Gasteiger partial charge in [0.15, 0.2) is 0 Å². The molecule has 1 saturated carbocycles. The van der Waals surface area contributed by atoms with Crippen molar-refractivity contribution < 1.29 is 17.6 Å². The molecule has 1 aromatic heterocycles. The summed E-state index contributed by atoms with van der Waals surface area (Å²) >= 11 is 0. The van der Waals surface area contributed by atoms with Gasteiger partial charge in [0, 0.05) is 17.0 Å². The average molecular weight is 384 g/mol. The molecule has 3 aromatic rings. The van der Waals surface area contributed by atoms with Gasteiger partial charge in [-0.2, -0.15) is 0 Å². The molecule has 7 heteroatoms. The van der Waals surface area contributed by atoms with E-state index in [0.29, 0.717) is 33.9 Å². The van der Waals surface area contributed by atoms with Crippen molar-refractivity contribution in [1.29, 1.82) is 0 Å². The fraction of sp³-hybridized carbons (Fsp3) is 0.250. The van der Waals surface area contributed by atoms with E-state index in [2.05, 4.69) is 4.72 Å². The molecule has 0 aliphatic heterocycles. The summed E-state index contributed by atoms with van der Waals surface area (Å²) < 4.78 is 32.1. The predicted molar refractivity (Wildman–Crippen MR) is 105 cm³/mol. The smallest absolute Gasteiger partial charge is 0.253 e. The van der Waals surface area contributed by atoms with Crippen LogP contribution in [0.1, 0.15) is 28.8 Å². The number of anilines is 1. The highest BCUT2D eigenvalue weighted by Crippen LogP contribution is 2.40. The predicted octanol–water partition coefficient (Wildman–Crippen LogP) is 3.52. The molecule has 1 heterocycles. The average Bonchev–Trinajstić information content (AvgIpc) is 3.33. The number of nitrogens with two attached hydrogens (primary N) is 1. The van der Waals surface area contributed by atoms with Crippen LogP contribution in [0.4, 0.5) is 5.69 Å². The van der Waals surface area contributed by atoms with Gasteiger partial charge in [0.1, 0.15) is 11.3 Å². The number of sulfonamides is 1. The summed E-state index contributed by atoms with van der Waals surface area (Å²) in [5, 5.41) is 0.607. The third kappa shape index (κ3) is 3.68. The van der Waals surface area contributed by atoms with Gasteiger partial charge in [0.25, 0.3) is 5.91 Å². The summed E-state index contributed by atoms with van der Waals surface area (Å²) in [4.78, 5) is 12.2. The first-order valence-electron chi connectivity index (χ1n) is 8.74. The highest BCUT2D eigenvalue weighted by molar-refractivity contribution is 7.92. The minimum absolute atomic E-state index is 0.319. The van der Waals surface area contributed by atoms with Crippen molar-refractivity contribution in [2.24, 2.45) is 11.7 Å². The number of hydrogen-bond acceptors (Lipinski definition) is 4. The van der Waals surface area contributed by atoms with E-state index in [1.807, 2.05) is 36.4 Å². The first-order valence-corrected chi connectivity index (χ1v) is 10.6. The molecule has 0 bridgehead atoms. The summed E-state index contributed by atoms with van der Waals surface area (Å²) in [5.74, 6) is 0.362. The van der Waals surface area contributed by atoms with E-state index in [4.69, 9.17) is 10.2 Å². The molecule has 2 aromatic carbocycles. The van der Waals surface area contributed by atoms with Crippen molar-refractivity contribution in [2.45, 2.75) is 19.3 Å². The van der Waals surface area contributed by atoms with E-state index in [1.54, 1.807) is 6.07 Å². The Balaban J connectivity index is 1.94. The zero-order chi connectivity index (χ0) is 19.2. The van der Waals surface area contributed by atoms with Gasteiger partial charge >= 0.3 is 0 Å². The molecular weight excluding hydrogens is 364 g/mol. The Labute approximate surface area is 157 Å². The first-order chi connectivity index (χ1) is 12.8. The second kappa shape index (κ2) is 6.42. The van der Waals surface area contributed by atoms with Gasteiger partial charge in [0.2, 0.25) is 10.0 Å². The molecule has 1 amide bonds. The van der Waals surface area contributed by atoms with E-state index < -0.39 is 15.9 Å². The molecular formula is C20H20N2O4S. The Morgan fingerprint density at radius 3 is 2.52 bits per heavy atom. The molecule has 27 heavy (non-hydrogen) atoms. The summed E-state index contributed by atoms with van der Waals surface area (Å²) in [5.41, 5.74) is 8.47. The zero-order valence-corrected chi connectivity index (χ0v) is 15.7. The van der Waals surface area contributed by atoms with Gasteiger partial charge in [0.05, 0.1) is 17.5 Å². The van der Waals surface area contributed by atoms with Crippen molar-refractivity contribution >= 4 is 32.6 Å². The number of amides is 1. The summed E-state index contributed by atoms with van der Waals surface area (Å²) in [7, 11) is -3.44. The van der Waals surface area contributed by atoms with Crippen LogP contribution in [-0.2, 0) is 16.4 Å². The van der Waals surface area contributed by atoms with Crippen LogP contribution < -0.4 is 10.5 Å². The first kappa shape index (κ1) is 17.6. The zero-order valence-electron chi connectivity index (χ0n) is 14.9. The maximum atomic E-state index is 12.2. The van der Waals surface area contributed by atoms with Crippen molar-refractivity contribution in [1.82, 2.24) is 0 Å². The minimum Gasteiger partial charge on any atom is -0.455 e. The van der Waals surface area contributed by atoms with Gasteiger partial charge in [-0.1, -0.05) is 30.3 Å². The summed E-state index contributed by atoms with van der Waals surface area (Å²) in [6, 6.07) is 12.7. The van der Waals surface area contributed by atoms with E-state index >= 15 is 0 Å². The highest BCUT2D eigenvalue weighted by Gasteiger charge is 2.26. The number of furan rings is 1. The van der Waals surface area contributed by atoms with E-state index in [1.165, 1.54) is 0 Å². The molecule has 1 fully saturated rings. The molecule has 140 valence electrons. The van der Waals surface area contributed by atoms with Crippen molar-refractivity contribution in [3.8, 4) is 11.3 Å². The Kier molecular flexibility index (Phi) is 4.19. The third-order valence-electron chi connectivity index (χ3n) is 4.70. The van der Waals surface area contributed by atoms with E-state index in [-0.39, 0.29) is 0 Å². The monoisotopic (exact) mass is 384 g/mol. The SMILES string of the molecule is CS(=O)(=O)Nc1cc2oc(-c3ccccc3)c(C(N)=O)c2cc1CC1CC1. The van der Waals surface area contributed by atoms with E-state index in [0.717, 1.165) is 36.6 Å². The summed E-state index contributed by atoms with van der Waals surface area (Å²) in [6.07, 6.45) is 4.11. The lowest BCUT2D eigenvalue weighted by Gasteiger charge is -2.11. The molecule has 1 aliphatic rings. The lowest BCUT2D eigenvalue weighted by molar-refractivity contribution is 0.100. The van der Waals surface area contributed by atoms with Crippen LogP contribution >= 0.6 is 0 Å². The normalized spacial score (nSPS) is 14.4. The molecule has 0 atom stereocenters. The molecule has 6 nitrogen and oxygen atoms in total. The number of fused-ring (bicyclic) bond motifs is 1. The molecule has 4 rings (SSSR count). The lowest BCUT2D eigenvalue weighted by Crippen LogP contribution is -2.13. The van der Waals surface area contributed by atoms with Gasteiger partial charge in [-0.3, -0.25) is 9.52 Å². The number of carbonyl (C=O) groups is 1. The van der Waals surface area contributed by atoms with Crippen LogP contribution in [0.3, 0.4) is 0 Å². The molecule has 0 spiro atoms. The van der Waals surface area contributed by atoms with Crippen LogP contribution in [0, 0.1) is 5.92 Å². The number of hydrogen-bond donors (Lipinski definition) is 2. The molecule has 1 aliphatic carbocycles. The standard InChI is InChI=1S/C20H20N2O4S/c1-27(24,25)22-16-11-17-15(10-14(16)9-12-7-8-12)18(20(21)23)19(26-17)13-5-3-2-4-6-13/h2-6,10-12,22H,7-9H2,1H3,(H2,21,23). The largest absolute Gasteiger partial charge is 0.455 e. The van der Waals surface area contributed by atoms with Crippen LogP contribution in [0.5, 0.6) is 0 Å². The number of rotatable bonds is 6. The lowest BCUT2D eigenvalue weighted by atomic mass is 10.0. The number of nitrogens with one attached hydrogen (secondary N) is 1. The quantitative estimate of drug-likeness (QED) is 0.679. The molecule has 0 saturated heterocycles. The third-order valence-corrected chi connectivity index (χ3v) is 5.29. The fourth-order valence-corrected chi connectivity index (χ4v) is 3.91. The number of carbonyl (C=O) groups excluding carboxylic acids is 1. The minimum atomic E-state index is -3.44. The second-order valence-electron chi connectivity index (χ2n) is 7.06. The number of primary amides is 1. The van der Waals surface area contributed by atoms with Crippen molar-refractivity contribution in [2.75, 3.05) is 11.0 Å². The molecule has 0 unspecified atom stereocenters. The molecule has 3 N–H and O–H groups in total. The van der Waals surface area contributed by atoms with Crippen LogP contribution in [0.15, 0.2) is 46.9 Å². The maximum Gasteiger partial charge on any atom is 0.253 e.